The molecule has 0 aliphatic carbocycles. The summed E-state index contributed by atoms with van der Waals surface area (Å²) in [4.78, 5) is 9.58. The summed E-state index contributed by atoms with van der Waals surface area (Å²) in [6.07, 6.45) is 3.39. The van der Waals surface area contributed by atoms with Crippen LogP contribution in [0.4, 0.5) is 11.4 Å². The number of para-hydroxylation sites is 2. The highest BCUT2D eigenvalue weighted by atomic mass is 16.3. The molecule has 42 heavy (non-hydrogen) atoms. The van der Waals surface area contributed by atoms with Crippen molar-refractivity contribution in [2.45, 2.75) is 0 Å². The highest BCUT2D eigenvalue weighted by molar-refractivity contribution is 5.93. The highest BCUT2D eigenvalue weighted by Crippen LogP contribution is 2.37. The Morgan fingerprint density at radius 1 is 0.381 bits per heavy atom. The molecule has 4 nitrogen and oxygen atoms in total. The maximum Gasteiger partial charge on any atom is 0.124 e. The van der Waals surface area contributed by atoms with Crippen LogP contribution in [0.1, 0.15) is 11.1 Å². The van der Waals surface area contributed by atoms with E-state index in [0.29, 0.717) is 11.1 Å². The zero-order chi connectivity index (χ0) is 28.7. The van der Waals surface area contributed by atoms with E-state index >= 15 is 0 Å². The summed E-state index contributed by atoms with van der Waals surface area (Å²) in [5.74, 6) is 0.330. The number of hydrogen-bond donors (Lipinski definition) is 2. The number of phenolic OH excluding ortho intramolecular Hbond substituents is 2. The lowest BCUT2D eigenvalue weighted by Gasteiger charge is -2.10. The molecule has 0 atom stereocenters. The summed E-state index contributed by atoms with van der Waals surface area (Å²) in [5, 5.41) is 21.1. The number of hydrogen-bond acceptors (Lipinski definition) is 4. The summed E-state index contributed by atoms with van der Waals surface area (Å²) in [6.45, 7) is 0. The second-order valence-corrected chi connectivity index (χ2v) is 9.83. The van der Waals surface area contributed by atoms with E-state index < -0.39 is 0 Å². The Balaban J connectivity index is 1.33. The quantitative estimate of drug-likeness (QED) is 0.197. The summed E-state index contributed by atoms with van der Waals surface area (Å²) in [5.41, 5.74) is 8.71. The van der Waals surface area contributed by atoms with E-state index in [1.807, 2.05) is 133 Å². The van der Waals surface area contributed by atoms with Gasteiger partial charge in [-0.25, -0.2) is 0 Å². The lowest BCUT2D eigenvalue weighted by atomic mass is 10.0. The molecule has 0 heterocycles. The SMILES string of the molecule is Oc1ccc(-c2ccccc2)cc1C=Nc1ccccc1-c1ccccc1N=Cc1cc(-c2ccccc2)ccc1O. The minimum Gasteiger partial charge on any atom is -0.507 e. The Morgan fingerprint density at radius 2 is 0.762 bits per heavy atom. The summed E-state index contributed by atoms with van der Waals surface area (Å²) >= 11 is 0. The van der Waals surface area contributed by atoms with Crippen molar-refractivity contribution in [2.24, 2.45) is 9.98 Å². The van der Waals surface area contributed by atoms with Gasteiger partial charge >= 0.3 is 0 Å². The summed E-state index contributed by atoms with van der Waals surface area (Å²) < 4.78 is 0. The first-order valence-electron chi connectivity index (χ1n) is 13.7. The molecular formula is C38H28N2O2. The first-order valence-corrected chi connectivity index (χ1v) is 13.7. The van der Waals surface area contributed by atoms with Gasteiger partial charge in [0.25, 0.3) is 0 Å². The van der Waals surface area contributed by atoms with E-state index in [0.717, 1.165) is 44.8 Å². The largest absolute Gasteiger partial charge is 0.507 e. The van der Waals surface area contributed by atoms with Crippen LogP contribution in [-0.2, 0) is 0 Å². The van der Waals surface area contributed by atoms with Gasteiger partial charge in [-0.3, -0.25) is 9.98 Å². The van der Waals surface area contributed by atoms with Crippen molar-refractivity contribution in [3.8, 4) is 44.9 Å². The van der Waals surface area contributed by atoms with Gasteiger partial charge in [0, 0.05) is 34.7 Å². The molecule has 0 bridgehead atoms. The molecule has 2 N–H and O–H groups in total. The van der Waals surface area contributed by atoms with Crippen LogP contribution in [0.25, 0.3) is 33.4 Å². The van der Waals surface area contributed by atoms with Gasteiger partial charge in [-0.15, -0.1) is 0 Å². The van der Waals surface area contributed by atoms with Gasteiger partial charge in [-0.1, -0.05) is 109 Å². The van der Waals surface area contributed by atoms with Gasteiger partial charge in [-0.2, -0.15) is 0 Å². The third kappa shape index (κ3) is 5.88. The zero-order valence-electron chi connectivity index (χ0n) is 22.8. The van der Waals surface area contributed by atoms with Crippen LogP contribution in [0.5, 0.6) is 11.5 Å². The van der Waals surface area contributed by atoms with Crippen LogP contribution >= 0.6 is 0 Å². The van der Waals surface area contributed by atoms with Crippen LogP contribution in [0, 0.1) is 0 Å². The maximum absolute atomic E-state index is 10.6. The summed E-state index contributed by atoms with van der Waals surface area (Å²) in [6, 6.07) is 46.9. The third-order valence-electron chi connectivity index (χ3n) is 7.05. The van der Waals surface area contributed by atoms with Gasteiger partial charge in [0.15, 0.2) is 0 Å². The van der Waals surface area contributed by atoms with E-state index in [9.17, 15) is 10.2 Å². The maximum atomic E-state index is 10.6. The molecule has 0 unspecified atom stereocenters. The number of phenols is 2. The Kier molecular flexibility index (Phi) is 7.69. The van der Waals surface area contributed by atoms with Crippen molar-refractivity contribution in [1.29, 1.82) is 0 Å². The number of aromatic hydroxyl groups is 2. The van der Waals surface area contributed by atoms with Crippen molar-refractivity contribution in [3.63, 3.8) is 0 Å². The van der Waals surface area contributed by atoms with Crippen molar-refractivity contribution >= 4 is 23.8 Å². The van der Waals surface area contributed by atoms with Crippen LogP contribution in [0.15, 0.2) is 156 Å². The van der Waals surface area contributed by atoms with Crippen molar-refractivity contribution in [1.82, 2.24) is 0 Å². The van der Waals surface area contributed by atoms with E-state index in [-0.39, 0.29) is 11.5 Å². The molecule has 0 fully saturated rings. The van der Waals surface area contributed by atoms with Crippen LogP contribution in [0.2, 0.25) is 0 Å². The van der Waals surface area contributed by atoms with E-state index in [1.54, 1.807) is 24.6 Å². The lowest BCUT2D eigenvalue weighted by molar-refractivity contribution is 0.474. The van der Waals surface area contributed by atoms with Gasteiger partial charge in [0.2, 0.25) is 0 Å². The van der Waals surface area contributed by atoms with Crippen molar-refractivity contribution in [3.05, 3.63) is 157 Å². The molecule has 6 aromatic carbocycles. The number of rotatable bonds is 7. The van der Waals surface area contributed by atoms with E-state index in [2.05, 4.69) is 0 Å². The lowest BCUT2D eigenvalue weighted by Crippen LogP contribution is -1.87. The molecule has 202 valence electrons. The molecule has 0 amide bonds. The fourth-order valence-corrected chi connectivity index (χ4v) is 4.84. The molecule has 0 aliphatic heterocycles. The average molecular weight is 545 g/mol. The molecule has 0 saturated heterocycles. The monoisotopic (exact) mass is 544 g/mol. The number of nitrogens with zero attached hydrogens (tertiary/aromatic N) is 2. The molecule has 6 aromatic rings. The van der Waals surface area contributed by atoms with E-state index in [1.165, 1.54) is 0 Å². The average Bonchev–Trinajstić information content (AvgIpc) is 3.05. The molecular weight excluding hydrogens is 516 g/mol. The fourth-order valence-electron chi connectivity index (χ4n) is 4.84. The van der Waals surface area contributed by atoms with Crippen LogP contribution in [-0.4, -0.2) is 22.6 Å². The molecule has 4 heteroatoms. The smallest absolute Gasteiger partial charge is 0.124 e. The van der Waals surface area contributed by atoms with Gasteiger partial charge in [-0.05, 0) is 58.7 Å². The second kappa shape index (κ2) is 12.2. The van der Waals surface area contributed by atoms with Crippen molar-refractivity contribution in [2.75, 3.05) is 0 Å². The molecule has 0 spiro atoms. The molecule has 0 radical (unpaired) electrons. The normalized spacial score (nSPS) is 11.3. The van der Waals surface area contributed by atoms with Crippen molar-refractivity contribution < 1.29 is 10.2 Å². The number of aliphatic imine (C=N–C) groups is 2. The van der Waals surface area contributed by atoms with Crippen LogP contribution < -0.4 is 0 Å². The Morgan fingerprint density at radius 3 is 1.19 bits per heavy atom. The van der Waals surface area contributed by atoms with E-state index in [4.69, 9.17) is 9.98 Å². The standard InChI is InChI=1S/C38H28N2O2/c41-37-21-19-29(27-11-3-1-4-12-27)23-31(37)25-39-35-17-9-7-15-33(35)34-16-8-10-18-36(34)40-26-32-24-30(20-22-38(32)42)28-13-5-2-6-14-28/h1-26,41-42H. The predicted molar refractivity (Wildman–Crippen MR) is 173 cm³/mol. The topological polar surface area (TPSA) is 65.2 Å². The van der Waals surface area contributed by atoms with Gasteiger partial charge in [0.05, 0.1) is 11.4 Å². The first kappa shape index (κ1) is 26.5. The minimum atomic E-state index is 0.165. The van der Waals surface area contributed by atoms with Gasteiger partial charge < -0.3 is 10.2 Å². The third-order valence-corrected chi connectivity index (χ3v) is 7.05. The highest BCUT2D eigenvalue weighted by Gasteiger charge is 2.10. The minimum absolute atomic E-state index is 0.165. The Labute approximate surface area is 245 Å². The molecule has 6 rings (SSSR count). The molecule has 0 aromatic heterocycles. The zero-order valence-corrected chi connectivity index (χ0v) is 22.8. The molecule has 0 aliphatic rings. The second-order valence-electron chi connectivity index (χ2n) is 9.83. The van der Waals surface area contributed by atoms with Gasteiger partial charge in [0.1, 0.15) is 11.5 Å². The Hall–Kier alpha value is -5.74. The fraction of sp³-hybridized carbons (Fsp3) is 0. The first-order chi connectivity index (χ1) is 20.7. The predicted octanol–water partition coefficient (Wildman–Crippen LogP) is 9.60. The Bertz CT molecular complexity index is 1750. The van der Waals surface area contributed by atoms with Crippen LogP contribution in [0.3, 0.4) is 0 Å². The summed E-state index contributed by atoms with van der Waals surface area (Å²) in [7, 11) is 0. The number of benzene rings is 6. The molecule has 0 saturated carbocycles.